The predicted molar refractivity (Wildman–Crippen MR) is 49.1 cm³/mol. The number of rotatable bonds is 8. The summed E-state index contributed by atoms with van der Waals surface area (Å²) in [6.45, 7) is 4.70. The van der Waals surface area contributed by atoms with Crippen LogP contribution in [0.5, 0.6) is 0 Å². The maximum absolute atomic E-state index is 8.81. The van der Waals surface area contributed by atoms with Crippen LogP contribution in [0.15, 0.2) is 0 Å². The van der Waals surface area contributed by atoms with Gasteiger partial charge in [0, 0.05) is 25.7 Å². The van der Waals surface area contributed by atoms with Crippen molar-refractivity contribution in [3.63, 3.8) is 0 Å². The average Bonchev–Trinajstić information content (AvgIpc) is 2.11. The molecule has 0 aromatic rings. The molecule has 0 aromatic carbocycles. The first-order chi connectivity index (χ1) is 5.85. The van der Waals surface area contributed by atoms with Crippen molar-refractivity contribution in [1.29, 1.82) is 0 Å². The molecule has 0 amide bonds. The summed E-state index contributed by atoms with van der Waals surface area (Å²) in [5.74, 6) is 0. The van der Waals surface area contributed by atoms with Crippen LogP contribution < -0.4 is 10.6 Å². The lowest BCUT2D eigenvalue weighted by Crippen LogP contribution is -2.37. The number of hydrogen-bond acceptors (Lipinski definition) is 4. The van der Waals surface area contributed by atoms with Crippen LogP contribution in [0.25, 0.3) is 0 Å². The highest BCUT2D eigenvalue weighted by molar-refractivity contribution is 4.63. The van der Waals surface area contributed by atoms with Crippen LogP contribution >= 0.6 is 0 Å². The molecule has 0 bridgehead atoms. The van der Waals surface area contributed by atoms with E-state index in [1.165, 1.54) is 0 Å². The van der Waals surface area contributed by atoms with Gasteiger partial charge >= 0.3 is 0 Å². The zero-order valence-electron chi connectivity index (χ0n) is 7.71. The minimum absolute atomic E-state index is 0.178. The Morgan fingerprint density at radius 3 is 2.42 bits per heavy atom. The Morgan fingerprint density at radius 1 is 1.17 bits per heavy atom. The van der Waals surface area contributed by atoms with Crippen LogP contribution in [-0.4, -0.2) is 49.1 Å². The van der Waals surface area contributed by atoms with Gasteiger partial charge in [0.25, 0.3) is 0 Å². The van der Waals surface area contributed by atoms with Gasteiger partial charge in [-0.2, -0.15) is 0 Å². The molecule has 1 atom stereocenters. The molecule has 0 saturated carbocycles. The molecule has 0 aliphatic rings. The second-order valence-corrected chi connectivity index (χ2v) is 2.72. The first-order valence-corrected chi connectivity index (χ1v) is 4.51. The van der Waals surface area contributed by atoms with Gasteiger partial charge < -0.3 is 20.8 Å². The van der Waals surface area contributed by atoms with Crippen LogP contribution in [0, 0.1) is 0 Å². The molecule has 0 fully saturated rings. The van der Waals surface area contributed by atoms with E-state index in [1.54, 1.807) is 0 Å². The number of hydrogen-bond donors (Lipinski definition) is 4. The summed E-state index contributed by atoms with van der Waals surface area (Å²) >= 11 is 0. The van der Waals surface area contributed by atoms with Crippen molar-refractivity contribution in [1.82, 2.24) is 10.6 Å². The minimum Gasteiger partial charge on any atom is -0.395 e. The van der Waals surface area contributed by atoms with Gasteiger partial charge in [0.1, 0.15) is 0 Å². The van der Waals surface area contributed by atoms with Gasteiger partial charge in [0.15, 0.2) is 0 Å². The maximum Gasteiger partial charge on any atom is 0.0584 e. The molecular formula is C8H20N2O2. The quantitative estimate of drug-likeness (QED) is 0.356. The summed E-state index contributed by atoms with van der Waals surface area (Å²) in [5, 5.41) is 23.5. The fourth-order valence-electron chi connectivity index (χ4n) is 0.907. The summed E-state index contributed by atoms with van der Waals surface area (Å²) in [6, 6.07) is 0.209. The molecule has 74 valence electrons. The highest BCUT2D eigenvalue weighted by Gasteiger charge is 2.00. The summed E-state index contributed by atoms with van der Waals surface area (Å²) in [7, 11) is 0. The van der Waals surface area contributed by atoms with Gasteiger partial charge in [0.2, 0.25) is 0 Å². The SMILES string of the molecule is CCC(CO)NCCNCCO. The molecule has 0 aliphatic heterocycles. The second kappa shape index (κ2) is 8.93. The van der Waals surface area contributed by atoms with Crippen molar-refractivity contribution in [3.05, 3.63) is 0 Å². The second-order valence-electron chi connectivity index (χ2n) is 2.72. The lowest BCUT2D eigenvalue weighted by atomic mass is 10.2. The largest absolute Gasteiger partial charge is 0.395 e. The van der Waals surface area contributed by atoms with E-state index in [2.05, 4.69) is 10.6 Å². The summed E-state index contributed by atoms with van der Waals surface area (Å²) in [5.41, 5.74) is 0. The normalized spacial score (nSPS) is 13.2. The molecule has 0 aromatic heterocycles. The van der Waals surface area contributed by atoms with Gasteiger partial charge in [0.05, 0.1) is 13.2 Å². The molecule has 4 N–H and O–H groups in total. The highest BCUT2D eigenvalue weighted by Crippen LogP contribution is 1.86. The minimum atomic E-state index is 0.178. The Bertz CT molecular complexity index is 87.1. The van der Waals surface area contributed by atoms with Crippen molar-refractivity contribution in [2.75, 3.05) is 32.8 Å². The standard InChI is InChI=1S/C8H20N2O2/c1-2-8(7-12)10-4-3-9-5-6-11/h8-12H,2-7H2,1H3. The van der Waals surface area contributed by atoms with Crippen molar-refractivity contribution >= 4 is 0 Å². The first kappa shape index (κ1) is 11.8. The van der Waals surface area contributed by atoms with E-state index in [0.717, 1.165) is 19.5 Å². The molecule has 4 nitrogen and oxygen atoms in total. The summed E-state index contributed by atoms with van der Waals surface area (Å²) < 4.78 is 0. The predicted octanol–water partition coefficient (Wildman–Crippen LogP) is -1.07. The van der Waals surface area contributed by atoms with Crippen LogP contribution in [0.1, 0.15) is 13.3 Å². The van der Waals surface area contributed by atoms with Crippen molar-refractivity contribution in [2.45, 2.75) is 19.4 Å². The molecule has 0 spiro atoms. The Balaban J connectivity index is 3.06. The topological polar surface area (TPSA) is 64.5 Å². The van der Waals surface area contributed by atoms with E-state index in [1.807, 2.05) is 6.92 Å². The average molecular weight is 176 g/mol. The third kappa shape index (κ3) is 6.54. The molecular weight excluding hydrogens is 156 g/mol. The van der Waals surface area contributed by atoms with Crippen LogP contribution in [0.3, 0.4) is 0 Å². The molecule has 0 saturated heterocycles. The van der Waals surface area contributed by atoms with Gasteiger partial charge in [-0.1, -0.05) is 6.92 Å². The Labute approximate surface area is 74.0 Å². The summed E-state index contributed by atoms with van der Waals surface area (Å²) in [6.07, 6.45) is 0.941. The van der Waals surface area contributed by atoms with Gasteiger partial charge in [-0.15, -0.1) is 0 Å². The van der Waals surface area contributed by atoms with E-state index in [-0.39, 0.29) is 19.3 Å². The Hall–Kier alpha value is -0.160. The van der Waals surface area contributed by atoms with E-state index in [4.69, 9.17) is 10.2 Å². The van der Waals surface area contributed by atoms with E-state index in [0.29, 0.717) is 6.54 Å². The van der Waals surface area contributed by atoms with Gasteiger partial charge in [-0.3, -0.25) is 0 Å². The fourth-order valence-corrected chi connectivity index (χ4v) is 0.907. The van der Waals surface area contributed by atoms with Crippen LogP contribution in [0.2, 0.25) is 0 Å². The molecule has 12 heavy (non-hydrogen) atoms. The van der Waals surface area contributed by atoms with E-state index >= 15 is 0 Å². The zero-order chi connectivity index (χ0) is 9.23. The van der Waals surface area contributed by atoms with Crippen LogP contribution in [-0.2, 0) is 0 Å². The van der Waals surface area contributed by atoms with E-state index < -0.39 is 0 Å². The molecule has 0 radical (unpaired) electrons. The molecule has 0 rings (SSSR count). The van der Waals surface area contributed by atoms with Crippen molar-refractivity contribution in [3.8, 4) is 0 Å². The molecule has 0 heterocycles. The lowest BCUT2D eigenvalue weighted by molar-refractivity contribution is 0.238. The molecule has 1 unspecified atom stereocenters. The van der Waals surface area contributed by atoms with Gasteiger partial charge in [-0.25, -0.2) is 0 Å². The number of aliphatic hydroxyl groups is 2. The maximum atomic E-state index is 8.81. The molecule has 0 aliphatic carbocycles. The highest BCUT2D eigenvalue weighted by atomic mass is 16.3. The monoisotopic (exact) mass is 176 g/mol. The van der Waals surface area contributed by atoms with Crippen molar-refractivity contribution < 1.29 is 10.2 Å². The third-order valence-corrected chi connectivity index (χ3v) is 1.74. The zero-order valence-corrected chi connectivity index (χ0v) is 7.71. The lowest BCUT2D eigenvalue weighted by Gasteiger charge is -2.13. The van der Waals surface area contributed by atoms with Crippen LogP contribution in [0.4, 0.5) is 0 Å². The third-order valence-electron chi connectivity index (χ3n) is 1.74. The number of aliphatic hydroxyl groups excluding tert-OH is 2. The van der Waals surface area contributed by atoms with Crippen molar-refractivity contribution in [2.24, 2.45) is 0 Å². The fraction of sp³-hybridized carbons (Fsp3) is 1.00. The van der Waals surface area contributed by atoms with E-state index in [9.17, 15) is 0 Å². The summed E-state index contributed by atoms with van der Waals surface area (Å²) in [4.78, 5) is 0. The van der Waals surface area contributed by atoms with Gasteiger partial charge in [-0.05, 0) is 6.42 Å². The molecule has 4 heteroatoms. The smallest absolute Gasteiger partial charge is 0.0584 e. The number of nitrogens with one attached hydrogen (secondary N) is 2. The first-order valence-electron chi connectivity index (χ1n) is 4.51. The Kier molecular flexibility index (Phi) is 8.81. The Morgan fingerprint density at radius 2 is 1.92 bits per heavy atom.